The molecule has 0 radical (unpaired) electrons. The number of aryl methyl sites for hydroxylation is 2. The Labute approximate surface area is 182 Å². The number of anilines is 1. The van der Waals surface area contributed by atoms with Crippen LogP contribution in [0.2, 0.25) is 5.02 Å². The van der Waals surface area contributed by atoms with E-state index < -0.39 is 15.9 Å². The quantitative estimate of drug-likeness (QED) is 0.572. The maximum Gasteiger partial charge on any atom is 0.243 e. The maximum absolute atomic E-state index is 13.3. The second-order valence-electron chi connectivity index (χ2n) is 7.13. The number of sulfonamides is 1. The van der Waals surface area contributed by atoms with Gasteiger partial charge in [0.15, 0.2) is 0 Å². The summed E-state index contributed by atoms with van der Waals surface area (Å²) >= 11 is 5.90. The number of nitrogens with zero attached hydrogens (tertiary/aromatic N) is 1. The number of carbonyl (C=O) groups is 1. The molecule has 156 valence electrons. The number of amides is 1. The maximum atomic E-state index is 13.3. The van der Waals surface area contributed by atoms with Crippen molar-refractivity contribution in [2.75, 3.05) is 11.9 Å². The van der Waals surface area contributed by atoms with E-state index in [1.54, 1.807) is 12.1 Å². The van der Waals surface area contributed by atoms with Gasteiger partial charge in [0, 0.05) is 17.3 Å². The molecule has 0 aliphatic carbocycles. The summed E-state index contributed by atoms with van der Waals surface area (Å²) in [4.78, 5) is 12.7. The van der Waals surface area contributed by atoms with Crippen LogP contribution in [-0.4, -0.2) is 25.2 Å². The molecule has 0 aliphatic heterocycles. The fourth-order valence-electron chi connectivity index (χ4n) is 2.88. The minimum Gasteiger partial charge on any atom is -0.325 e. The molecule has 0 spiro atoms. The van der Waals surface area contributed by atoms with Gasteiger partial charge in [0.2, 0.25) is 15.9 Å². The van der Waals surface area contributed by atoms with Crippen molar-refractivity contribution >= 4 is 33.2 Å². The highest BCUT2D eigenvalue weighted by molar-refractivity contribution is 7.89. The van der Waals surface area contributed by atoms with Crippen molar-refractivity contribution in [1.29, 1.82) is 0 Å². The Bertz CT molecular complexity index is 1110. The standard InChI is InChI=1S/C23H23ClN2O3S/c1-17-3-7-19(8-4-17)15-26(30(28,29)22-13-9-20(24)10-14-22)16-23(27)25-21-11-5-18(2)6-12-21/h3-14H,15-16H2,1-2H3,(H,25,27). The fourth-order valence-corrected chi connectivity index (χ4v) is 4.39. The van der Waals surface area contributed by atoms with E-state index in [4.69, 9.17) is 11.6 Å². The summed E-state index contributed by atoms with van der Waals surface area (Å²) in [5, 5.41) is 3.20. The van der Waals surface area contributed by atoms with Crippen LogP contribution in [0.3, 0.4) is 0 Å². The van der Waals surface area contributed by atoms with E-state index in [-0.39, 0.29) is 18.0 Å². The van der Waals surface area contributed by atoms with Crippen LogP contribution in [0.4, 0.5) is 5.69 Å². The highest BCUT2D eigenvalue weighted by Gasteiger charge is 2.27. The predicted molar refractivity (Wildman–Crippen MR) is 120 cm³/mol. The lowest BCUT2D eigenvalue weighted by atomic mass is 10.1. The molecule has 1 amide bonds. The van der Waals surface area contributed by atoms with E-state index in [9.17, 15) is 13.2 Å². The zero-order valence-corrected chi connectivity index (χ0v) is 18.4. The summed E-state index contributed by atoms with van der Waals surface area (Å²) in [5.74, 6) is -0.413. The SMILES string of the molecule is Cc1ccc(CN(CC(=O)Nc2ccc(C)cc2)S(=O)(=O)c2ccc(Cl)cc2)cc1. The van der Waals surface area contributed by atoms with Crippen LogP contribution >= 0.6 is 11.6 Å². The Morgan fingerprint density at radius 2 is 1.40 bits per heavy atom. The van der Waals surface area contributed by atoms with Gasteiger partial charge < -0.3 is 5.32 Å². The Hall–Kier alpha value is -2.67. The average molecular weight is 443 g/mol. The molecule has 0 fully saturated rings. The number of hydrogen-bond acceptors (Lipinski definition) is 3. The molecule has 30 heavy (non-hydrogen) atoms. The number of carbonyl (C=O) groups excluding carboxylic acids is 1. The molecule has 3 aromatic carbocycles. The van der Waals surface area contributed by atoms with Crippen LogP contribution in [0.15, 0.2) is 77.7 Å². The average Bonchev–Trinajstić information content (AvgIpc) is 2.71. The second-order valence-corrected chi connectivity index (χ2v) is 9.50. The van der Waals surface area contributed by atoms with Gasteiger partial charge in [-0.15, -0.1) is 0 Å². The molecule has 0 aromatic heterocycles. The fraction of sp³-hybridized carbons (Fsp3) is 0.174. The van der Waals surface area contributed by atoms with Crippen molar-refractivity contribution in [2.45, 2.75) is 25.3 Å². The third kappa shape index (κ3) is 5.69. The highest BCUT2D eigenvalue weighted by Crippen LogP contribution is 2.21. The van der Waals surface area contributed by atoms with E-state index in [0.29, 0.717) is 10.7 Å². The zero-order valence-electron chi connectivity index (χ0n) is 16.8. The molecular formula is C23H23ClN2O3S. The molecule has 0 heterocycles. The summed E-state index contributed by atoms with van der Waals surface area (Å²) in [6, 6.07) is 20.8. The number of rotatable bonds is 7. The minimum atomic E-state index is -3.91. The van der Waals surface area contributed by atoms with E-state index in [1.807, 2.05) is 50.2 Å². The van der Waals surface area contributed by atoms with Crippen LogP contribution in [-0.2, 0) is 21.4 Å². The first-order chi connectivity index (χ1) is 14.2. The van der Waals surface area contributed by atoms with Crippen molar-refractivity contribution < 1.29 is 13.2 Å². The van der Waals surface area contributed by atoms with Gasteiger partial charge in [-0.25, -0.2) is 8.42 Å². The normalized spacial score (nSPS) is 11.5. The van der Waals surface area contributed by atoms with E-state index >= 15 is 0 Å². The van der Waals surface area contributed by atoms with Crippen molar-refractivity contribution in [3.8, 4) is 0 Å². The van der Waals surface area contributed by atoms with Gasteiger partial charge in [-0.05, 0) is 55.8 Å². The molecule has 3 rings (SSSR count). The Kier molecular flexibility index (Phi) is 6.92. The molecule has 5 nitrogen and oxygen atoms in total. The number of nitrogens with one attached hydrogen (secondary N) is 1. The molecule has 1 N–H and O–H groups in total. The van der Waals surface area contributed by atoms with Crippen LogP contribution in [0.5, 0.6) is 0 Å². The second kappa shape index (κ2) is 9.43. The molecule has 0 bridgehead atoms. The summed E-state index contributed by atoms with van der Waals surface area (Å²) in [6.07, 6.45) is 0. The smallest absolute Gasteiger partial charge is 0.243 e. The van der Waals surface area contributed by atoms with Crippen molar-refractivity contribution in [2.24, 2.45) is 0 Å². The Morgan fingerprint density at radius 3 is 1.97 bits per heavy atom. The largest absolute Gasteiger partial charge is 0.325 e. The number of benzene rings is 3. The molecular weight excluding hydrogens is 420 g/mol. The van der Waals surface area contributed by atoms with Gasteiger partial charge in [-0.1, -0.05) is 59.1 Å². The van der Waals surface area contributed by atoms with Crippen molar-refractivity contribution in [3.63, 3.8) is 0 Å². The zero-order chi connectivity index (χ0) is 21.7. The molecule has 0 unspecified atom stereocenters. The van der Waals surface area contributed by atoms with Crippen LogP contribution < -0.4 is 5.32 Å². The summed E-state index contributed by atoms with van der Waals surface area (Å²) in [7, 11) is -3.91. The topological polar surface area (TPSA) is 66.5 Å². The Morgan fingerprint density at radius 1 is 0.867 bits per heavy atom. The molecule has 0 atom stereocenters. The van der Waals surface area contributed by atoms with Gasteiger partial charge in [0.25, 0.3) is 0 Å². The molecule has 0 aliphatic rings. The molecule has 7 heteroatoms. The van der Waals surface area contributed by atoms with Gasteiger partial charge in [-0.2, -0.15) is 4.31 Å². The first kappa shape index (κ1) is 22.0. The Balaban J connectivity index is 1.86. The molecule has 3 aromatic rings. The van der Waals surface area contributed by atoms with Gasteiger partial charge in [0.05, 0.1) is 11.4 Å². The summed E-state index contributed by atoms with van der Waals surface area (Å²) < 4.78 is 27.7. The van der Waals surface area contributed by atoms with Crippen LogP contribution in [0.25, 0.3) is 0 Å². The highest BCUT2D eigenvalue weighted by atomic mass is 35.5. The van der Waals surface area contributed by atoms with Gasteiger partial charge in [-0.3, -0.25) is 4.79 Å². The number of halogens is 1. The lowest BCUT2D eigenvalue weighted by Crippen LogP contribution is -2.37. The third-order valence-corrected chi connectivity index (χ3v) is 6.64. The van der Waals surface area contributed by atoms with E-state index in [1.165, 1.54) is 28.6 Å². The third-order valence-electron chi connectivity index (χ3n) is 4.59. The predicted octanol–water partition coefficient (Wildman–Crippen LogP) is 4.79. The monoisotopic (exact) mass is 442 g/mol. The van der Waals surface area contributed by atoms with E-state index in [2.05, 4.69) is 5.32 Å². The van der Waals surface area contributed by atoms with E-state index in [0.717, 1.165) is 16.7 Å². The number of hydrogen-bond donors (Lipinski definition) is 1. The van der Waals surface area contributed by atoms with Gasteiger partial charge in [0.1, 0.15) is 0 Å². The minimum absolute atomic E-state index is 0.0759. The first-order valence-corrected chi connectivity index (χ1v) is 11.2. The molecule has 0 saturated heterocycles. The van der Waals surface area contributed by atoms with Crippen LogP contribution in [0, 0.1) is 13.8 Å². The lowest BCUT2D eigenvalue weighted by Gasteiger charge is -2.22. The first-order valence-electron chi connectivity index (χ1n) is 9.42. The summed E-state index contributed by atoms with van der Waals surface area (Å²) in [6.45, 7) is 3.67. The summed E-state index contributed by atoms with van der Waals surface area (Å²) in [5.41, 5.74) is 3.55. The van der Waals surface area contributed by atoms with Crippen LogP contribution in [0.1, 0.15) is 16.7 Å². The van der Waals surface area contributed by atoms with Gasteiger partial charge >= 0.3 is 0 Å². The molecule has 0 saturated carbocycles. The van der Waals surface area contributed by atoms with Crippen molar-refractivity contribution in [1.82, 2.24) is 4.31 Å². The van der Waals surface area contributed by atoms with Crippen molar-refractivity contribution in [3.05, 3.63) is 94.5 Å². The lowest BCUT2D eigenvalue weighted by molar-refractivity contribution is -0.116.